The van der Waals surface area contributed by atoms with E-state index >= 15 is 0 Å². The second-order valence-corrected chi connectivity index (χ2v) is 5.11. The van der Waals surface area contributed by atoms with Crippen LogP contribution in [0.4, 0.5) is 0 Å². The Labute approximate surface area is 128 Å². The summed E-state index contributed by atoms with van der Waals surface area (Å²) in [6, 6.07) is 9.76. The third-order valence-electron chi connectivity index (χ3n) is 3.14. The van der Waals surface area contributed by atoms with E-state index in [9.17, 15) is 0 Å². The summed E-state index contributed by atoms with van der Waals surface area (Å²) in [6.07, 6.45) is 2.88. The van der Waals surface area contributed by atoms with E-state index < -0.39 is 0 Å². The predicted octanol–water partition coefficient (Wildman–Crippen LogP) is 3.08. The molecule has 0 unspecified atom stereocenters. The molecule has 0 radical (unpaired) electrons. The molecule has 0 bridgehead atoms. The number of benzene rings is 1. The molecule has 114 valence electrons. The highest BCUT2D eigenvalue weighted by Crippen LogP contribution is 2.22. The van der Waals surface area contributed by atoms with Gasteiger partial charge in [0.2, 0.25) is 0 Å². The maximum Gasteiger partial charge on any atom is 0.133 e. The van der Waals surface area contributed by atoms with Gasteiger partial charge in [-0.3, -0.25) is 0 Å². The third kappa shape index (κ3) is 3.33. The Bertz CT molecular complexity index is 748. The molecule has 6 heteroatoms. The van der Waals surface area contributed by atoms with Crippen LogP contribution in [0.15, 0.2) is 41.1 Å². The van der Waals surface area contributed by atoms with Gasteiger partial charge >= 0.3 is 0 Å². The highest BCUT2D eigenvalue weighted by Gasteiger charge is 2.07. The minimum atomic E-state index is 0.538. The third-order valence-corrected chi connectivity index (χ3v) is 3.14. The minimum Gasteiger partial charge on any atom is -0.494 e. The SMILES string of the molecule is CCCOc1cccc(-c2cn(Cc3cc(C)on3)nn2)c1. The maximum absolute atomic E-state index is 5.65. The summed E-state index contributed by atoms with van der Waals surface area (Å²) in [7, 11) is 0. The second-order valence-electron chi connectivity index (χ2n) is 5.11. The molecule has 2 aromatic heterocycles. The van der Waals surface area contributed by atoms with Crippen molar-refractivity contribution < 1.29 is 9.26 Å². The molecular weight excluding hydrogens is 280 g/mol. The van der Waals surface area contributed by atoms with Crippen molar-refractivity contribution in [3.05, 3.63) is 48.0 Å². The monoisotopic (exact) mass is 298 g/mol. The average molecular weight is 298 g/mol. The lowest BCUT2D eigenvalue weighted by atomic mass is 10.1. The molecule has 3 rings (SSSR count). The molecule has 0 aliphatic rings. The van der Waals surface area contributed by atoms with Gasteiger partial charge in [-0.25, -0.2) is 4.68 Å². The molecule has 0 fully saturated rings. The molecule has 0 aliphatic carbocycles. The van der Waals surface area contributed by atoms with E-state index in [1.54, 1.807) is 4.68 Å². The molecule has 0 N–H and O–H groups in total. The van der Waals surface area contributed by atoms with Gasteiger partial charge in [0.1, 0.15) is 22.9 Å². The van der Waals surface area contributed by atoms with Crippen LogP contribution >= 0.6 is 0 Å². The molecular formula is C16H18N4O2. The number of nitrogens with zero attached hydrogens (tertiary/aromatic N) is 4. The first-order valence-electron chi connectivity index (χ1n) is 7.30. The van der Waals surface area contributed by atoms with Crippen molar-refractivity contribution in [1.29, 1.82) is 0 Å². The Balaban J connectivity index is 1.75. The molecule has 0 amide bonds. The van der Waals surface area contributed by atoms with E-state index in [-0.39, 0.29) is 0 Å². The number of aryl methyl sites for hydroxylation is 1. The second kappa shape index (κ2) is 6.43. The average Bonchev–Trinajstić information content (AvgIpc) is 3.15. The molecule has 0 saturated carbocycles. The number of aromatic nitrogens is 4. The van der Waals surface area contributed by atoms with Crippen molar-refractivity contribution in [2.45, 2.75) is 26.8 Å². The van der Waals surface area contributed by atoms with E-state index in [1.807, 2.05) is 43.5 Å². The van der Waals surface area contributed by atoms with Gasteiger partial charge < -0.3 is 9.26 Å². The number of hydrogen-bond acceptors (Lipinski definition) is 5. The summed E-state index contributed by atoms with van der Waals surface area (Å²) < 4.78 is 12.4. The van der Waals surface area contributed by atoms with Gasteiger partial charge in [-0.15, -0.1) is 5.10 Å². The summed E-state index contributed by atoms with van der Waals surface area (Å²) in [5.74, 6) is 1.64. The van der Waals surface area contributed by atoms with E-state index in [0.29, 0.717) is 13.2 Å². The van der Waals surface area contributed by atoms with Crippen LogP contribution in [-0.2, 0) is 6.54 Å². The zero-order chi connectivity index (χ0) is 15.4. The van der Waals surface area contributed by atoms with Crippen molar-refractivity contribution >= 4 is 0 Å². The Morgan fingerprint density at radius 2 is 2.18 bits per heavy atom. The number of rotatable bonds is 6. The first-order valence-corrected chi connectivity index (χ1v) is 7.30. The van der Waals surface area contributed by atoms with Crippen molar-refractivity contribution in [2.75, 3.05) is 6.61 Å². The summed E-state index contributed by atoms with van der Waals surface area (Å²) in [5.41, 5.74) is 2.62. The van der Waals surface area contributed by atoms with Gasteiger partial charge in [-0.1, -0.05) is 29.4 Å². The topological polar surface area (TPSA) is 66.0 Å². The van der Waals surface area contributed by atoms with Crippen LogP contribution in [0.1, 0.15) is 24.8 Å². The molecule has 0 spiro atoms. The fraction of sp³-hybridized carbons (Fsp3) is 0.312. The molecule has 6 nitrogen and oxygen atoms in total. The fourth-order valence-electron chi connectivity index (χ4n) is 2.13. The lowest BCUT2D eigenvalue weighted by Gasteiger charge is -2.05. The first-order chi connectivity index (χ1) is 10.7. The standard InChI is InChI=1S/C16H18N4O2/c1-3-7-21-15-6-4-5-13(9-15)16-11-20(19-17-16)10-14-8-12(2)22-18-14/h4-6,8-9,11H,3,7,10H2,1-2H3. The van der Waals surface area contributed by atoms with E-state index in [4.69, 9.17) is 9.26 Å². The van der Waals surface area contributed by atoms with Crippen LogP contribution in [0.3, 0.4) is 0 Å². The van der Waals surface area contributed by atoms with Crippen molar-refractivity contribution in [3.8, 4) is 17.0 Å². The van der Waals surface area contributed by atoms with Gasteiger partial charge in [-0.2, -0.15) is 0 Å². The molecule has 1 aromatic carbocycles. The summed E-state index contributed by atoms with van der Waals surface area (Å²) in [6.45, 7) is 5.20. The normalized spacial score (nSPS) is 10.8. The lowest BCUT2D eigenvalue weighted by Crippen LogP contribution is -2.00. The Morgan fingerprint density at radius 1 is 1.27 bits per heavy atom. The smallest absolute Gasteiger partial charge is 0.133 e. The van der Waals surface area contributed by atoms with E-state index in [0.717, 1.165) is 34.9 Å². The van der Waals surface area contributed by atoms with Crippen LogP contribution in [0.25, 0.3) is 11.3 Å². The van der Waals surface area contributed by atoms with Crippen LogP contribution in [0.2, 0.25) is 0 Å². The highest BCUT2D eigenvalue weighted by atomic mass is 16.5. The van der Waals surface area contributed by atoms with Gasteiger partial charge in [0.15, 0.2) is 0 Å². The van der Waals surface area contributed by atoms with Gasteiger partial charge in [0.25, 0.3) is 0 Å². The van der Waals surface area contributed by atoms with Crippen LogP contribution in [0.5, 0.6) is 5.75 Å². The van der Waals surface area contributed by atoms with Gasteiger partial charge in [-0.05, 0) is 25.5 Å². The Hall–Kier alpha value is -2.63. The maximum atomic E-state index is 5.65. The zero-order valence-corrected chi connectivity index (χ0v) is 12.7. The molecule has 22 heavy (non-hydrogen) atoms. The van der Waals surface area contributed by atoms with Crippen molar-refractivity contribution in [3.63, 3.8) is 0 Å². The van der Waals surface area contributed by atoms with E-state index in [1.165, 1.54) is 0 Å². The first kappa shape index (κ1) is 14.3. The minimum absolute atomic E-state index is 0.538. The zero-order valence-electron chi connectivity index (χ0n) is 12.7. The number of ether oxygens (including phenoxy) is 1. The van der Waals surface area contributed by atoms with Crippen molar-refractivity contribution in [2.24, 2.45) is 0 Å². The van der Waals surface area contributed by atoms with Gasteiger partial charge in [0.05, 0.1) is 19.3 Å². The Kier molecular flexibility index (Phi) is 4.18. The number of hydrogen-bond donors (Lipinski definition) is 0. The quantitative estimate of drug-likeness (QED) is 0.699. The highest BCUT2D eigenvalue weighted by molar-refractivity contribution is 5.59. The molecule has 3 aromatic rings. The van der Waals surface area contributed by atoms with Crippen LogP contribution < -0.4 is 4.74 Å². The molecule has 2 heterocycles. The van der Waals surface area contributed by atoms with Crippen LogP contribution in [0, 0.1) is 6.92 Å². The lowest BCUT2D eigenvalue weighted by molar-refractivity contribution is 0.317. The Morgan fingerprint density at radius 3 is 2.95 bits per heavy atom. The molecule has 0 atom stereocenters. The van der Waals surface area contributed by atoms with Crippen molar-refractivity contribution in [1.82, 2.24) is 20.2 Å². The molecule has 0 aliphatic heterocycles. The van der Waals surface area contributed by atoms with Crippen LogP contribution in [-0.4, -0.2) is 26.8 Å². The predicted molar refractivity (Wildman–Crippen MR) is 81.6 cm³/mol. The van der Waals surface area contributed by atoms with E-state index in [2.05, 4.69) is 22.4 Å². The summed E-state index contributed by atoms with van der Waals surface area (Å²) in [4.78, 5) is 0. The summed E-state index contributed by atoms with van der Waals surface area (Å²) in [5, 5.41) is 12.3. The molecule has 0 saturated heterocycles. The largest absolute Gasteiger partial charge is 0.494 e. The fourth-order valence-corrected chi connectivity index (χ4v) is 2.13. The summed E-state index contributed by atoms with van der Waals surface area (Å²) >= 11 is 0. The van der Waals surface area contributed by atoms with Gasteiger partial charge in [0, 0.05) is 11.6 Å².